The molecule has 3 rings (SSSR count). The van der Waals surface area contributed by atoms with Crippen molar-refractivity contribution in [1.82, 2.24) is 15.1 Å². The number of halogens is 1. The van der Waals surface area contributed by atoms with Gasteiger partial charge in [-0.25, -0.2) is 9.18 Å². The summed E-state index contributed by atoms with van der Waals surface area (Å²) < 4.78 is 13.1. The fraction of sp³-hybridized carbons (Fsp3) is 0.611. The van der Waals surface area contributed by atoms with Crippen LogP contribution in [0.4, 0.5) is 9.18 Å². The maximum atomic E-state index is 13.1. The number of nitrogens with zero attached hydrogens (tertiary/aromatic N) is 2. The molecule has 0 spiro atoms. The quantitative estimate of drug-likeness (QED) is 0.906. The van der Waals surface area contributed by atoms with Crippen LogP contribution in [0.15, 0.2) is 24.3 Å². The lowest BCUT2D eigenvalue weighted by Gasteiger charge is -2.24. The predicted molar refractivity (Wildman–Crippen MR) is 88.6 cm³/mol. The molecule has 0 aromatic heterocycles. The largest absolute Gasteiger partial charge is 0.331 e. The van der Waals surface area contributed by atoms with Crippen LogP contribution in [0.2, 0.25) is 0 Å². The number of nitrogens with one attached hydrogen (secondary N) is 1. The molecule has 4 nitrogen and oxygen atoms in total. The van der Waals surface area contributed by atoms with Crippen LogP contribution < -0.4 is 5.32 Å². The highest BCUT2D eigenvalue weighted by Gasteiger charge is 2.35. The third-order valence-electron chi connectivity index (χ3n) is 4.80. The van der Waals surface area contributed by atoms with E-state index in [1.165, 1.54) is 12.1 Å². The fourth-order valence-corrected chi connectivity index (χ4v) is 3.48. The van der Waals surface area contributed by atoms with E-state index in [0.29, 0.717) is 11.8 Å². The molecule has 1 aliphatic carbocycles. The first-order chi connectivity index (χ1) is 11.0. The highest BCUT2D eigenvalue weighted by molar-refractivity contribution is 5.75. The second kappa shape index (κ2) is 6.87. The molecule has 126 valence electrons. The standard InChI is InChI=1S/C18H26FN3O/c1-21(2)11-13-9-10-22(12-13)18(23)20-17(14-3-4-14)15-5-7-16(19)8-6-15/h5-8,13-14,17H,3-4,9-12H2,1-2H3,(H,20,23)/t13-,17-/m1/s1. The molecule has 1 N–H and O–H groups in total. The molecule has 0 radical (unpaired) electrons. The lowest BCUT2D eigenvalue weighted by molar-refractivity contribution is 0.199. The number of hydrogen-bond donors (Lipinski definition) is 1. The first-order valence-corrected chi connectivity index (χ1v) is 8.48. The average Bonchev–Trinajstić information content (AvgIpc) is 3.24. The predicted octanol–water partition coefficient (Wildman–Crippen LogP) is 2.87. The topological polar surface area (TPSA) is 35.6 Å². The summed E-state index contributed by atoms with van der Waals surface area (Å²) in [6.07, 6.45) is 3.33. The summed E-state index contributed by atoms with van der Waals surface area (Å²) in [5.74, 6) is 0.811. The number of carbonyl (C=O) groups is 1. The van der Waals surface area contributed by atoms with Crippen LogP contribution in [0.1, 0.15) is 30.9 Å². The van der Waals surface area contributed by atoms with E-state index in [0.717, 1.165) is 44.5 Å². The molecule has 1 aromatic carbocycles. The third-order valence-corrected chi connectivity index (χ3v) is 4.80. The number of rotatable bonds is 5. The van der Waals surface area contributed by atoms with E-state index in [1.54, 1.807) is 12.1 Å². The minimum absolute atomic E-state index is 0.0102. The zero-order chi connectivity index (χ0) is 16.4. The molecule has 0 bridgehead atoms. The van der Waals surface area contributed by atoms with E-state index in [2.05, 4.69) is 24.3 Å². The van der Waals surface area contributed by atoms with Gasteiger partial charge in [-0.15, -0.1) is 0 Å². The van der Waals surface area contributed by atoms with Gasteiger partial charge in [-0.1, -0.05) is 12.1 Å². The van der Waals surface area contributed by atoms with Crippen LogP contribution in [0.5, 0.6) is 0 Å². The third kappa shape index (κ3) is 4.22. The van der Waals surface area contributed by atoms with Crippen molar-refractivity contribution in [3.8, 4) is 0 Å². The van der Waals surface area contributed by atoms with Gasteiger partial charge in [-0.05, 0) is 62.9 Å². The smallest absolute Gasteiger partial charge is 0.317 e. The van der Waals surface area contributed by atoms with Crippen molar-refractivity contribution >= 4 is 6.03 Å². The van der Waals surface area contributed by atoms with E-state index in [1.807, 2.05) is 4.90 Å². The van der Waals surface area contributed by atoms with Gasteiger partial charge in [-0.2, -0.15) is 0 Å². The Bertz CT molecular complexity index is 542. The molecule has 2 atom stereocenters. The van der Waals surface area contributed by atoms with Crippen LogP contribution in [0.25, 0.3) is 0 Å². The van der Waals surface area contributed by atoms with E-state index >= 15 is 0 Å². The van der Waals surface area contributed by atoms with E-state index < -0.39 is 0 Å². The number of benzene rings is 1. The summed E-state index contributed by atoms with van der Waals surface area (Å²) in [5, 5.41) is 3.18. The normalized spacial score (nSPS) is 22.4. The number of carbonyl (C=O) groups excluding carboxylic acids is 1. The van der Waals surface area contributed by atoms with Crippen molar-refractivity contribution in [3.63, 3.8) is 0 Å². The van der Waals surface area contributed by atoms with Crippen molar-refractivity contribution in [3.05, 3.63) is 35.6 Å². The fourth-order valence-electron chi connectivity index (χ4n) is 3.48. The van der Waals surface area contributed by atoms with Crippen LogP contribution in [0, 0.1) is 17.7 Å². The Morgan fingerprint density at radius 3 is 2.61 bits per heavy atom. The SMILES string of the molecule is CN(C)C[C@H]1CCN(C(=O)N[C@@H](c2ccc(F)cc2)C2CC2)C1. The number of urea groups is 1. The van der Waals surface area contributed by atoms with Crippen LogP contribution in [-0.2, 0) is 0 Å². The van der Waals surface area contributed by atoms with Crippen molar-refractivity contribution in [2.45, 2.75) is 25.3 Å². The van der Waals surface area contributed by atoms with Gasteiger partial charge in [0.05, 0.1) is 6.04 Å². The molecule has 1 aromatic rings. The average molecular weight is 319 g/mol. The lowest BCUT2D eigenvalue weighted by Crippen LogP contribution is -2.41. The van der Waals surface area contributed by atoms with Crippen LogP contribution in [-0.4, -0.2) is 49.6 Å². The van der Waals surface area contributed by atoms with E-state index in [4.69, 9.17) is 0 Å². The Morgan fingerprint density at radius 2 is 2.00 bits per heavy atom. The molecule has 5 heteroatoms. The number of hydrogen-bond acceptors (Lipinski definition) is 2. The summed E-state index contributed by atoms with van der Waals surface area (Å²) in [6, 6.07) is 6.55. The van der Waals surface area contributed by atoms with Gasteiger partial charge in [0, 0.05) is 19.6 Å². The minimum Gasteiger partial charge on any atom is -0.331 e. The van der Waals surface area contributed by atoms with Crippen LogP contribution in [0.3, 0.4) is 0 Å². The molecular weight excluding hydrogens is 293 g/mol. The van der Waals surface area contributed by atoms with Crippen LogP contribution >= 0.6 is 0 Å². The number of likely N-dealkylation sites (tertiary alicyclic amines) is 1. The molecule has 23 heavy (non-hydrogen) atoms. The molecular formula is C18H26FN3O. The van der Waals surface area contributed by atoms with Gasteiger partial charge in [0.1, 0.15) is 5.82 Å². The lowest BCUT2D eigenvalue weighted by atomic mass is 10.0. The highest BCUT2D eigenvalue weighted by Crippen LogP contribution is 2.41. The Labute approximate surface area is 137 Å². The summed E-state index contributed by atoms with van der Waals surface area (Å²) in [5.41, 5.74) is 1.01. The van der Waals surface area contributed by atoms with Crippen molar-refractivity contribution < 1.29 is 9.18 Å². The molecule has 2 aliphatic rings. The van der Waals surface area contributed by atoms with E-state index in [9.17, 15) is 9.18 Å². The van der Waals surface area contributed by atoms with Crippen molar-refractivity contribution in [2.24, 2.45) is 11.8 Å². The second-order valence-electron chi connectivity index (χ2n) is 7.18. The monoisotopic (exact) mass is 319 g/mol. The Balaban J connectivity index is 1.60. The molecule has 2 fully saturated rings. The number of amides is 2. The van der Waals surface area contributed by atoms with Gasteiger partial charge in [0.2, 0.25) is 0 Å². The molecule has 1 heterocycles. The first kappa shape index (κ1) is 16.2. The summed E-state index contributed by atoms with van der Waals surface area (Å²) >= 11 is 0. The molecule has 1 saturated carbocycles. The molecule has 2 amide bonds. The zero-order valence-corrected chi connectivity index (χ0v) is 14.0. The Kier molecular flexibility index (Phi) is 4.85. The minimum atomic E-state index is -0.235. The van der Waals surface area contributed by atoms with Gasteiger partial charge in [0.25, 0.3) is 0 Å². The van der Waals surface area contributed by atoms with Gasteiger partial charge in [0.15, 0.2) is 0 Å². The first-order valence-electron chi connectivity index (χ1n) is 8.48. The zero-order valence-electron chi connectivity index (χ0n) is 14.0. The highest BCUT2D eigenvalue weighted by atomic mass is 19.1. The Morgan fingerprint density at radius 1 is 1.30 bits per heavy atom. The maximum Gasteiger partial charge on any atom is 0.317 e. The summed E-state index contributed by atoms with van der Waals surface area (Å²) in [6.45, 7) is 2.67. The summed E-state index contributed by atoms with van der Waals surface area (Å²) in [4.78, 5) is 16.7. The van der Waals surface area contributed by atoms with Gasteiger partial charge in [-0.3, -0.25) is 0 Å². The molecule has 1 saturated heterocycles. The van der Waals surface area contributed by atoms with Gasteiger partial charge < -0.3 is 15.1 Å². The van der Waals surface area contributed by atoms with Crippen molar-refractivity contribution in [1.29, 1.82) is 0 Å². The maximum absolute atomic E-state index is 13.1. The van der Waals surface area contributed by atoms with E-state index in [-0.39, 0.29) is 17.9 Å². The molecule has 0 unspecified atom stereocenters. The Hall–Kier alpha value is -1.62. The second-order valence-corrected chi connectivity index (χ2v) is 7.18. The summed E-state index contributed by atoms with van der Waals surface area (Å²) in [7, 11) is 4.14. The molecule has 1 aliphatic heterocycles. The van der Waals surface area contributed by atoms with Gasteiger partial charge >= 0.3 is 6.03 Å². The van der Waals surface area contributed by atoms with Crippen molar-refractivity contribution in [2.75, 3.05) is 33.7 Å².